The maximum Gasteiger partial charge on any atom is 0.186 e. The molecular formula is C33H56O9. The van der Waals surface area contributed by atoms with Gasteiger partial charge in [-0.05, 0) is 104 Å². The monoisotopic (exact) mass is 596 g/mol. The number of hydrogen-bond acceptors (Lipinski definition) is 9. The van der Waals surface area contributed by atoms with Crippen molar-refractivity contribution in [1.82, 2.24) is 0 Å². The largest absolute Gasteiger partial charge is 0.394 e. The maximum absolute atomic E-state index is 11.8. The molecule has 2 aliphatic heterocycles. The topological polar surface area (TPSA) is 149 Å². The van der Waals surface area contributed by atoms with Gasteiger partial charge in [-0.2, -0.15) is 0 Å². The third-order valence-corrected chi connectivity index (χ3v) is 13.7. The fourth-order valence-corrected chi connectivity index (χ4v) is 11.2. The van der Waals surface area contributed by atoms with Crippen LogP contribution in [0.1, 0.15) is 91.9 Å². The zero-order chi connectivity index (χ0) is 30.2. The summed E-state index contributed by atoms with van der Waals surface area (Å²) in [6.07, 6.45) is 3.76. The minimum atomic E-state index is -1.46. The molecule has 4 saturated carbocycles. The van der Waals surface area contributed by atoms with Gasteiger partial charge in [0.1, 0.15) is 24.4 Å². The van der Waals surface area contributed by atoms with E-state index >= 15 is 0 Å². The van der Waals surface area contributed by atoms with Crippen LogP contribution in [0.4, 0.5) is 0 Å². The minimum absolute atomic E-state index is 0.0290. The van der Waals surface area contributed by atoms with E-state index in [1.807, 2.05) is 6.92 Å². The van der Waals surface area contributed by atoms with Gasteiger partial charge < -0.3 is 44.8 Å². The molecule has 2 saturated heterocycles. The van der Waals surface area contributed by atoms with E-state index in [2.05, 4.69) is 20.8 Å². The molecule has 6 rings (SSSR count). The molecule has 0 aromatic carbocycles. The van der Waals surface area contributed by atoms with Crippen molar-refractivity contribution in [2.24, 2.45) is 52.3 Å². The van der Waals surface area contributed by atoms with Gasteiger partial charge in [0.25, 0.3) is 0 Å². The van der Waals surface area contributed by atoms with Gasteiger partial charge in [0.2, 0.25) is 0 Å². The highest BCUT2D eigenvalue weighted by molar-refractivity contribution is 5.15. The molecule has 17 atom stereocenters. The van der Waals surface area contributed by atoms with E-state index in [1.54, 1.807) is 0 Å². The molecule has 2 heterocycles. The normalized spacial score (nSPS) is 56.3. The predicted octanol–water partition coefficient (Wildman–Crippen LogP) is 2.57. The molecule has 6 fully saturated rings. The highest BCUT2D eigenvalue weighted by atomic mass is 16.7. The lowest BCUT2D eigenvalue weighted by Gasteiger charge is -2.61. The molecule has 9 nitrogen and oxygen atoms in total. The molecule has 6 N–H and O–H groups in total. The van der Waals surface area contributed by atoms with Crippen molar-refractivity contribution < 1.29 is 44.8 Å². The quantitative estimate of drug-likeness (QED) is 0.261. The van der Waals surface area contributed by atoms with Gasteiger partial charge in [-0.1, -0.05) is 27.7 Å². The number of rotatable bonds is 7. The van der Waals surface area contributed by atoms with Crippen LogP contribution in [0.15, 0.2) is 0 Å². The molecule has 0 radical (unpaired) electrons. The summed E-state index contributed by atoms with van der Waals surface area (Å²) in [5, 5.41) is 61.9. The number of hydrogen-bond donors (Lipinski definition) is 6. The number of aliphatic hydroxyl groups is 6. The summed E-state index contributed by atoms with van der Waals surface area (Å²) in [7, 11) is 0. The molecule has 0 spiro atoms. The Kier molecular flexibility index (Phi) is 8.63. The van der Waals surface area contributed by atoms with Crippen LogP contribution in [0.3, 0.4) is 0 Å². The molecule has 242 valence electrons. The molecule has 0 bridgehead atoms. The Morgan fingerprint density at radius 3 is 2.38 bits per heavy atom. The first kappa shape index (κ1) is 31.6. The molecule has 0 amide bonds. The fourth-order valence-electron chi connectivity index (χ4n) is 11.2. The van der Waals surface area contributed by atoms with Gasteiger partial charge in [-0.3, -0.25) is 0 Å². The highest BCUT2D eigenvalue weighted by Gasteiger charge is 2.68. The second-order valence-electron chi connectivity index (χ2n) is 15.9. The van der Waals surface area contributed by atoms with Crippen LogP contribution in [-0.4, -0.2) is 92.6 Å². The van der Waals surface area contributed by atoms with E-state index in [0.717, 1.165) is 31.6 Å². The van der Waals surface area contributed by atoms with Gasteiger partial charge in [0.05, 0.1) is 25.4 Å². The van der Waals surface area contributed by atoms with Crippen LogP contribution in [0.2, 0.25) is 0 Å². The number of fused-ring (bicyclic) bond motifs is 7. The molecule has 42 heavy (non-hydrogen) atoms. The second-order valence-corrected chi connectivity index (χ2v) is 15.9. The number of aliphatic hydroxyl groups excluding tert-OH is 5. The lowest BCUT2D eigenvalue weighted by molar-refractivity contribution is -0.303. The van der Waals surface area contributed by atoms with Crippen molar-refractivity contribution in [2.45, 2.75) is 141 Å². The summed E-state index contributed by atoms with van der Waals surface area (Å²) >= 11 is 0. The van der Waals surface area contributed by atoms with E-state index in [1.165, 1.54) is 25.7 Å². The van der Waals surface area contributed by atoms with Crippen LogP contribution in [0.25, 0.3) is 0 Å². The summed E-state index contributed by atoms with van der Waals surface area (Å²) in [4.78, 5) is 0. The van der Waals surface area contributed by atoms with E-state index in [4.69, 9.17) is 14.2 Å². The third-order valence-electron chi connectivity index (χ3n) is 13.7. The first-order valence-corrected chi connectivity index (χ1v) is 16.8. The summed E-state index contributed by atoms with van der Waals surface area (Å²) in [5.74, 6) is 1.96. The van der Waals surface area contributed by atoms with Crippen LogP contribution >= 0.6 is 0 Å². The Morgan fingerprint density at radius 2 is 1.64 bits per heavy atom. The Balaban J connectivity index is 1.05. The molecule has 1 unspecified atom stereocenters. The fraction of sp³-hybridized carbons (Fsp3) is 1.00. The maximum atomic E-state index is 11.8. The first-order valence-electron chi connectivity index (χ1n) is 16.8. The Labute approximate surface area is 250 Å². The van der Waals surface area contributed by atoms with Crippen molar-refractivity contribution in [3.63, 3.8) is 0 Å². The average Bonchev–Trinajstić information content (AvgIpc) is 3.39. The SMILES string of the molecule is C[C@@H](CCC1(O)O[C@H]2C[C@H]3[C@@H]4CC[C@H]5C[C@@H](O)CC[C@]5(C)[C@H]4CC[C@]3(C)[C@H]2[C@@H]1C)CO[C@@H]1O[C@H](CO)[C@@H](O)[C@H](O)[C@H]1O. The summed E-state index contributed by atoms with van der Waals surface area (Å²) in [6, 6.07) is 0. The minimum Gasteiger partial charge on any atom is -0.394 e. The van der Waals surface area contributed by atoms with Gasteiger partial charge in [0, 0.05) is 12.3 Å². The predicted molar refractivity (Wildman–Crippen MR) is 154 cm³/mol. The van der Waals surface area contributed by atoms with Crippen molar-refractivity contribution in [1.29, 1.82) is 0 Å². The van der Waals surface area contributed by atoms with Gasteiger partial charge >= 0.3 is 0 Å². The molecule has 0 aromatic rings. The Morgan fingerprint density at radius 1 is 0.905 bits per heavy atom. The van der Waals surface area contributed by atoms with Crippen LogP contribution in [-0.2, 0) is 14.2 Å². The average molecular weight is 597 g/mol. The van der Waals surface area contributed by atoms with Gasteiger partial charge in [0.15, 0.2) is 12.1 Å². The van der Waals surface area contributed by atoms with Crippen LogP contribution < -0.4 is 0 Å². The standard InChI is InChI=1S/C33H56O9/c1-17(16-40-30-29(38)28(37)27(36)25(15-34)41-30)7-12-33(39)18(2)26-24(42-33)14-23-21-6-5-19-13-20(35)8-10-31(19,3)22(21)9-11-32(23,26)4/h17-30,34-39H,5-16H2,1-4H3/t17-,18-,19-,20-,21+,22-,23-,24-,25+,26-,27+,28-,29+,30+,31-,32-,33?/m0/s1. The second kappa shape index (κ2) is 11.5. The zero-order valence-corrected chi connectivity index (χ0v) is 26.0. The summed E-state index contributed by atoms with van der Waals surface area (Å²) < 4.78 is 17.8. The Bertz CT molecular complexity index is 964. The highest BCUT2D eigenvalue weighted by Crippen LogP contribution is 2.70. The van der Waals surface area contributed by atoms with Crippen LogP contribution in [0.5, 0.6) is 0 Å². The van der Waals surface area contributed by atoms with E-state index in [9.17, 15) is 30.6 Å². The summed E-state index contributed by atoms with van der Waals surface area (Å²) in [6.45, 7) is 8.95. The third kappa shape index (κ3) is 5.01. The number of ether oxygens (including phenoxy) is 3. The molecule has 0 aromatic heterocycles. The molecular weight excluding hydrogens is 540 g/mol. The molecule has 6 aliphatic rings. The smallest absolute Gasteiger partial charge is 0.186 e. The van der Waals surface area contributed by atoms with Crippen molar-refractivity contribution in [2.75, 3.05) is 13.2 Å². The lowest BCUT2D eigenvalue weighted by Crippen LogP contribution is -2.59. The summed E-state index contributed by atoms with van der Waals surface area (Å²) in [5.41, 5.74) is 0.521. The van der Waals surface area contributed by atoms with Gasteiger partial charge in [-0.25, -0.2) is 0 Å². The van der Waals surface area contributed by atoms with Crippen LogP contribution in [0, 0.1) is 52.3 Å². The van der Waals surface area contributed by atoms with E-state index in [-0.39, 0.29) is 36.1 Å². The van der Waals surface area contributed by atoms with E-state index in [0.29, 0.717) is 41.9 Å². The van der Waals surface area contributed by atoms with Crippen molar-refractivity contribution in [3.05, 3.63) is 0 Å². The Hall–Kier alpha value is -0.360. The first-order chi connectivity index (χ1) is 19.8. The van der Waals surface area contributed by atoms with Crippen molar-refractivity contribution in [3.8, 4) is 0 Å². The lowest BCUT2D eigenvalue weighted by atomic mass is 9.44. The molecule has 4 aliphatic carbocycles. The zero-order valence-electron chi connectivity index (χ0n) is 26.0. The van der Waals surface area contributed by atoms with Gasteiger partial charge in [-0.15, -0.1) is 0 Å². The van der Waals surface area contributed by atoms with E-state index < -0.39 is 43.1 Å². The molecule has 9 heteroatoms. The van der Waals surface area contributed by atoms with Crippen molar-refractivity contribution >= 4 is 0 Å².